The van der Waals surface area contributed by atoms with Gasteiger partial charge in [-0.3, -0.25) is 4.90 Å². The van der Waals surface area contributed by atoms with Gasteiger partial charge in [0.2, 0.25) is 0 Å². The summed E-state index contributed by atoms with van der Waals surface area (Å²) in [6, 6.07) is 52.5. The maximum atomic E-state index is 11.4. The van der Waals surface area contributed by atoms with Gasteiger partial charge in [0, 0.05) is 36.0 Å². The van der Waals surface area contributed by atoms with Gasteiger partial charge in [-0.05, 0) is 100.0 Å². The lowest BCUT2D eigenvalue weighted by atomic mass is 9.85. The van der Waals surface area contributed by atoms with Crippen LogP contribution in [0.3, 0.4) is 0 Å². The molecule has 50 heavy (non-hydrogen) atoms. The van der Waals surface area contributed by atoms with Crippen LogP contribution in [0.2, 0.25) is 0 Å². The predicted octanol–water partition coefficient (Wildman–Crippen LogP) is 12.1. The van der Waals surface area contributed by atoms with Gasteiger partial charge in [0.25, 0.3) is 0 Å². The molecule has 0 radical (unpaired) electrons. The average Bonchev–Trinajstić information content (AvgIpc) is 3.16. The number of hydrogen-bond acceptors (Lipinski definition) is 4. The lowest BCUT2D eigenvalue weighted by Crippen LogP contribution is -2.15. The number of hydrogen-bond donors (Lipinski definition) is 1. The molecule has 0 spiro atoms. The summed E-state index contributed by atoms with van der Waals surface area (Å²) in [6.45, 7) is 8.54. The molecule has 1 unspecified atom stereocenters. The fourth-order valence-corrected chi connectivity index (χ4v) is 6.24. The normalized spacial score (nSPS) is 12.9. The van der Waals surface area contributed by atoms with E-state index in [4.69, 9.17) is 9.97 Å². The minimum Gasteiger partial charge on any atom is -0.507 e. The number of benzene rings is 5. The van der Waals surface area contributed by atoms with Gasteiger partial charge < -0.3 is 5.11 Å². The number of anilines is 3. The van der Waals surface area contributed by atoms with Crippen LogP contribution in [-0.4, -0.2) is 15.1 Å². The van der Waals surface area contributed by atoms with E-state index in [-0.39, 0.29) is 11.2 Å². The second-order valence-corrected chi connectivity index (χ2v) is 13.6. The van der Waals surface area contributed by atoms with Gasteiger partial charge in [0.1, 0.15) is 11.6 Å². The first kappa shape index (κ1) is 31.3. The highest BCUT2D eigenvalue weighted by atomic mass is 16.3. The average molecular weight is 653 g/mol. The molecular formula is C46H41N3O. The Morgan fingerprint density at radius 1 is 0.600 bits per heavy atom. The Morgan fingerprint density at radius 3 is 1.94 bits per heavy atom. The number of pyridine rings is 2. The van der Waals surface area contributed by atoms with E-state index in [0.29, 0.717) is 11.3 Å². The third kappa shape index (κ3) is 6.92. The second kappa shape index (κ2) is 13.9. The third-order valence-corrected chi connectivity index (χ3v) is 9.08. The molecule has 0 amide bonds. The summed E-state index contributed by atoms with van der Waals surface area (Å²) < 4.78 is 9.37. The molecule has 0 aliphatic carbocycles. The Hall–Kier alpha value is -6.00. The minimum atomic E-state index is -1.04. The van der Waals surface area contributed by atoms with Crippen LogP contribution >= 0.6 is 0 Å². The molecule has 0 fully saturated rings. The Kier molecular flexibility index (Phi) is 8.67. The maximum absolute atomic E-state index is 11.4. The van der Waals surface area contributed by atoms with Gasteiger partial charge in [-0.1, -0.05) is 119 Å². The summed E-state index contributed by atoms with van der Waals surface area (Å²) in [5.41, 5.74) is 9.52. The summed E-state index contributed by atoms with van der Waals surface area (Å²) in [5.74, 6) is -0.113. The van der Waals surface area contributed by atoms with E-state index in [1.807, 2.05) is 116 Å². The first-order valence-electron chi connectivity index (χ1n) is 17.5. The van der Waals surface area contributed by atoms with Crippen molar-refractivity contribution in [1.29, 1.82) is 0 Å². The van der Waals surface area contributed by atoms with Crippen molar-refractivity contribution in [1.82, 2.24) is 9.97 Å². The van der Waals surface area contributed by atoms with Crippen LogP contribution in [0.4, 0.5) is 17.2 Å². The molecule has 2 heterocycles. The zero-order chi connectivity index (χ0) is 35.6. The van der Waals surface area contributed by atoms with E-state index in [2.05, 4.69) is 74.2 Å². The van der Waals surface area contributed by atoms with Crippen LogP contribution < -0.4 is 4.90 Å². The molecule has 7 rings (SSSR count). The van der Waals surface area contributed by atoms with Crippen molar-refractivity contribution >= 4 is 17.2 Å². The zero-order valence-corrected chi connectivity index (χ0v) is 28.9. The molecule has 2 aromatic heterocycles. The van der Waals surface area contributed by atoms with E-state index in [1.165, 1.54) is 0 Å². The number of phenolic OH excluding ortho intramolecular Hbond substituents is 1. The molecule has 0 aliphatic rings. The molecule has 1 atom stereocenters. The van der Waals surface area contributed by atoms with Crippen molar-refractivity contribution < 1.29 is 6.48 Å². The summed E-state index contributed by atoms with van der Waals surface area (Å²) in [5, 5.41) is 11.4. The van der Waals surface area contributed by atoms with Crippen LogP contribution in [0.25, 0.3) is 33.6 Å². The number of nitrogens with zero attached hydrogens (tertiary/aromatic N) is 3. The fourth-order valence-electron chi connectivity index (χ4n) is 6.24. The lowest BCUT2D eigenvalue weighted by Gasteiger charge is -2.28. The largest absolute Gasteiger partial charge is 0.507 e. The zero-order valence-electron chi connectivity index (χ0n) is 29.9. The number of aromatic hydroxyl groups is 1. The minimum absolute atomic E-state index is 0.112. The van der Waals surface area contributed by atoms with Crippen LogP contribution in [0, 0.1) is 0 Å². The molecule has 0 aliphatic heterocycles. The highest BCUT2D eigenvalue weighted by molar-refractivity contribution is 5.82. The van der Waals surface area contributed by atoms with Gasteiger partial charge in [0.15, 0.2) is 0 Å². The number of aromatic nitrogens is 2. The summed E-state index contributed by atoms with van der Waals surface area (Å²) >= 11 is 0. The van der Waals surface area contributed by atoms with Crippen LogP contribution in [0.5, 0.6) is 5.75 Å². The first-order chi connectivity index (χ1) is 24.6. The van der Waals surface area contributed by atoms with Crippen molar-refractivity contribution in [2.45, 2.75) is 39.0 Å². The standard InChI is InChI=1S/C46H41N3O/c1-32(33-16-8-5-9-17-33)35-23-24-44(50)41(28-35)43-30-36(34-18-10-6-11-19-34)29-42(48-43)37-26-38(46(2,3)4)31-40(27-37)49(39-20-12-7-13-21-39)45-22-14-15-25-47-45/h5-32,50H,1-4H3/i32D. The molecule has 0 saturated carbocycles. The van der Waals surface area contributed by atoms with Crippen LogP contribution in [0.1, 0.15) is 51.7 Å². The van der Waals surface area contributed by atoms with Crippen molar-refractivity contribution in [3.8, 4) is 39.4 Å². The summed E-state index contributed by atoms with van der Waals surface area (Å²) in [7, 11) is 0. The lowest BCUT2D eigenvalue weighted by molar-refractivity contribution is 0.477. The first-order valence-corrected chi connectivity index (χ1v) is 17.0. The van der Waals surface area contributed by atoms with Crippen LogP contribution in [-0.2, 0) is 5.41 Å². The smallest absolute Gasteiger partial charge is 0.137 e. The van der Waals surface area contributed by atoms with E-state index < -0.39 is 5.89 Å². The quantitative estimate of drug-likeness (QED) is 0.177. The van der Waals surface area contributed by atoms with E-state index in [1.54, 1.807) is 6.07 Å². The molecule has 0 bridgehead atoms. The van der Waals surface area contributed by atoms with Crippen LogP contribution in [0.15, 0.2) is 164 Å². The monoisotopic (exact) mass is 652 g/mol. The molecule has 5 aromatic carbocycles. The maximum Gasteiger partial charge on any atom is 0.137 e. The molecule has 1 N–H and O–H groups in total. The van der Waals surface area contributed by atoms with Crippen molar-refractivity contribution in [2.24, 2.45) is 0 Å². The fraction of sp³-hybridized carbons (Fsp3) is 0.130. The Labute approximate surface area is 296 Å². The molecule has 0 saturated heterocycles. The van der Waals surface area contributed by atoms with E-state index in [9.17, 15) is 6.48 Å². The molecule has 4 nitrogen and oxygen atoms in total. The van der Waals surface area contributed by atoms with Gasteiger partial charge in [-0.25, -0.2) is 9.97 Å². The summed E-state index contributed by atoms with van der Waals surface area (Å²) in [6.07, 6.45) is 1.82. The van der Waals surface area contributed by atoms with Gasteiger partial charge >= 0.3 is 0 Å². The van der Waals surface area contributed by atoms with Gasteiger partial charge in [-0.2, -0.15) is 0 Å². The SMILES string of the molecule is [2H]C(C)(c1ccccc1)c1ccc(O)c(-c2cc(-c3ccccc3)cc(-c3cc(N(c4ccccc4)c4ccccn4)cc(C(C)(C)C)c3)n2)c1. The Bertz CT molecular complexity index is 2230. The molecular weight excluding hydrogens is 611 g/mol. The van der Waals surface area contributed by atoms with Crippen molar-refractivity contribution in [3.63, 3.8) is 0 Å². The van der Waals surface area contributed by atoms with Crippen molar-refractivity contribution in [2.75, 3.05) is 4.90 Å². The Balaban J connectivity index is 1.45. The highest BCUT2D eigenvalue weighted by Crippen LogP contribution is 2.41. The number of rotatable bonds is 8. The molecule has 7 aromatic rings. The summed E-state index contributed by atoms with van der Waals surface area (Å²) in [4.78, 5) is 12.2. The van der Waals surface area contributed by atoms with E-state index in [0.717, 1.165) is 56.3 Å². The number of para-hydroxylation sites is 1. The molecule has 246 valence electrons. The van der Waals surface area contributed by atoms with E-state index >= 15 is 0 Å². The Morgan fingerprint density at radius 2 is 1.26 bits per heavy atom. The topological polar surface area (TPSA) is 49.2 Å². The van der Waals surface area contributed by atoms with Crippen molar-refractivity contribution in [3.05, 3.63) is 181 Å². The van der Waals surface area contributed by atoms with Gasteiger partial charge in [-0.15, -0.1) is 0 Å². The van der Waals surface area contributed by atoms with Gasteiger partial charge in [0.05, 0.1) is 11.4 Å². The number of phenols is 1. The predicted molar refractivity (Wildman–Crippen MR) is 207 cm³/mol. The molecule has 4 heteroatoms. The highest BCUT2D eigenvalue weighted by Gasteiger charge is 2.22. The third-order valence-electron chi connectivity index (χ3n) is 9.08. The second-order valence-electron chi connectivity index (χ2n) is 13.6.